The van der Waals surface area contributed by atoms with Crippen LogP contribution in [0.2, 0.25) is 0 Å². The van der Waals surface area contributed by atoms with Gasteiger partial charge in [-0.25, -0.2) is 0 Å². The predicted molar refractivity (Wildman–Crippen MR) is 393 cm³/mol. The normalized spacial score (nSPS) is 30.8. The highest BCUT2D eigenvalue weighted by Gasteiger charge is 2.59. The molecule has 32 heteroatoms. The molecule has 3 unspecified atom stereocenters. The molecule has 109 heavy (non-hydrogen) atoms. The molecule has 13 atom stereocenters. The van der Waals surface area contributed by atoms with Gasteiger partial charge >= 0.3 is 12.4 Å². The molecular formula is C77H124F6N12O14. The van der Waals surface area contributed by atoms with Crippen LogP contribution in [-0.2, 0) is 67.0 Å². The summed E-state index contributed by atoms with van der Waals surface area (Å²) in [5.74, 6) is -15.2. The summed E-state index contributed by atoms with van der Waals surface area (Å²) in [7, 11) is 12.2. The second kappa shape index (κ2) is 38.4. The number of methoxy groups -OCH3 is 1. The number of carbonyl (C=O) groups is 12. The Morgan fingerprint density at radius 1 is 0.642 bits per heavy atom. The minimum atomic E-state index is -4.57. The van der Waals surface area contributed by atoms with Crippen LogP contribution >= 0.6 is 0 Å². The molecule has 6 rings (SSSR count). The van der Waals surface area contributed by atoms with Crippen LogP contribution in [0.15, 0.2) is 12.2 Å². The van der Waals surface area contributed by atoms with Gasteiger partial charge in [0.05, 0.1) is 43.6 Å². The van der Waals surface area contributed by atoms with Crippen molar-refractivity contribution in [3.63, 3.8) is 0 Å². The van der Waals surface area contributed by atoms with Gasteiger partial charge in [0.15, 0.2) is 0 Å². The van der Waals surface area contributed by atoms with Gasteiger partial charge in [0.1, 0.15) is 53.9 Å². The molecule has 3 aliphatic carbocycles. The Bertz CT molecular complexity index is 3250. The number of halogens is 6. The smallest absolute Gasteiger partial charge is 0.381 e. The molecule has 1 spiro atoms. The maximum Gasteiger partial charge on any atom is 0.394 e. The average Bonchev–Trinajstić information content (AvgIpc) is 1.34. The van der Waals surface area contributed by atoms with E-state index in [4.69, 9.17) is 9.47 Å². The van der Waals surface area contributed by atoms with Crippen LogP contribution in [0, 0.1) is 46.8 Å². The number of hydrogen-bond donors (Lipinski definition) is 3. The van der Waals surface area contributed by atoms with Crippen molar-refractivity contribution in [2.24, 2.45) is 46.8 Å². The predicted octanol–water partition coefficient (Wildman–Crippen LogP) is 6.57. The molecule has 0 aromatic carbocycles. The number of fused-ring (bicyclic) bond motifs is 3. The standard InChI is InChI=1S/C77H124F6N12O14/c1-19-46(7)62-71(105)89(13)42-61(98)90(14)54-26-24-23-25-35-94(70(54)104)57(36-47-27-31-50(32-28-47)76(78,79)80)69(103)88(12)41-59(96)84-53(34-30-48-29-33-52(77(81,82)83)58(37-48)108-18)67(101)95-40-51(109-22-4)38-55(95)65(99)86-75(43-74(8,9)44-75)73(107)93(17)64(49(20-2)21-3)72(106)91(15)56(68(102)87(10)11)39-60(97)92(16)63(45(5)6)66(100)85-62/h23-24,45-58,62-64H,19-22,25-44H2,1-18H3,(H,84,96)(H,85,100)(H,86,99)/b24-23-/t46-,47?,48?,50?,51+,52?,53-,54-,55-,56-,57-,58?,62-,63-,64-/m0/s1. The highest BCUT2D eigenvalue weighted by Crippen LogP contribution is 2.50. The molecule has 0 aromatic rings. The monoisotopic (exact) mass is 1550 g/mol. The lowest BCUT2D eigenvalue weighted by molar-refractivity contribution is -0.215. The maximum absolute atomic E-state index is 15.8. The highest BCUT2D eigenvalue weighted by atomic mass is 19.4. The lowest BCUT2D eigenvalue weighted by atomic mass is 9.58. The fourth-order valence-electron chi connectivity index (χ4n) is 17.6. The quantitative estimate of drug-likeness (QED) is 0.115. The van der Waals surface area contributed by atoms with Crippen molar-refractivity contribution in [2.45, 2.75) is 263 Å². The lowest BCUT2D eigenvalue weighted by Gasteiger charge is -2.54. The van der Waals surface area contributed by atoms with Crippen LogP contribution in [0.25, 0.3) is 0 Å². The van der Waals surface area contributed by atoms with E-state index < -0.39 is 216 Å². The molecule has 2 saturated heterocycles. The fraction of sp³-hybridized carbons (Fsp3) is 0.818. The first-order chi connectivity index (χ1) is 50.8. The Labute approximate surface area is 639 Å². The topological polar surface area (TPSA) is 289 Å². The van der Waals surface area contributed by atoms with E-state index in [0.717, 1.165) is 24.5 Å². The summed E-state index contributed by atoms with van der Waals surface area (Å²) >= 11 is 0. The van der Waals surface area contributed by atoms with Crippen molar-refractivity contribution >= 4 is 70.9 Å². The SMILES string of the molecule is CCO[C@@H]1C[C@H]2C(=O)NC3(CC(C)(C)C3)C(=O)N(C)[C@@H](C(CC)CC)C(=O)N(C)[C@H](C(=O)N(C)C)CC(=O)N(C)[C@@H](C(C)C)C(=O)N[C@@H]([C@@H](C)CC)C(=O)N(C)CC(=O)N(C)[C@H]3C/C=C\CCN(C3=O)[C@@H](CC3CCC(C(F)(F)F)CC3)C(=O)N(C)CC(=O)N[C@@H](CCC3CCC(C(F)(F)F)C(OC)C3)C(=O)N2C1. The van der Waals surface area contributed by atoms with Gasteiger partial charge in [0.2, 0.25) is 70.9 Å². The van der Waals surface area contributed by atoms with Crippen LogP contribution < -0.4 is 16.0 Å². The summed E-state index contributed by atoms with van der Waals surface area (Å²) in [6.07, 6.45) is -8.14. The van der Waals surface area contributed by atoms with E-state index in [2.05, 4.69) is 16.0 Å². The van der Waals surface area contributed by atoms with Gasteiger partial charge < -0.3 is 69.5 Å². The molecule has 0 aromatic heterocycles. The summed E-state index contributed by atoms with van der Waals surface area (Å²) in [5, 5.41) is 8.67. The summed E-state index contributed by atoms with van der Waals surface area (Å²) in [4.78, 5) is 193. The van der Waals surface area contributed by atoms with E-state index in [0.29, 0.717) is 19.3 Å². The Hall–Kier alpha value is -7.12. The number of nitrogens with one attached hydrogen (secondary N) is 3. The highest BCUT2D eigenvalue weighted by molar-refractivity contribution is 6.01. The second-order valence-corrected chi connectivity index (χ2v) is 33.1. The van der Waals surface area contributed by atoms with Gasteiger partial charge in [-0.3, -0.25) is 57.5 Å². The van der Waals surface area contributed by atoms with E-state index in [1.165, 1.54) is 83.1 Å². The van der Waals surface area contributed by atoms with Crippen LogP contribution in [-0.4, -0.2) is 290 Å². The summed E-state index contributed by atoms with van der Waals surface area (Å²) < 4.78 is 97.0. The number of rotatable bonds is 15. The number of likely N-dealkylation sites (N-methyl/N-ethyl adjacent to an activating group) is 7. The number of hydrogen-bond acceptors (Lipinski definition) is 14. The largest absolute Gasteiger partial charge is 0.394 e. The van der Waals surface area contributed by atoms with Crippen molar-refractivity contribution in [1.29, 1.82) is 0 Å². The Morgan fingerprint density at radius 2 is 1.26 bits per heavy atom. The van der Waals surface area contributed by atoms with Crippen LogP contribution in [0.1, 0.15) is 184 Å². The molecule has 2 bridgehead atoms. The zero-order valence-electron chi connectivity index (χ0n) is 67.4. The third-order valence-corrected chi connectivity index (χ3v) is 24.1. The first-order valence-electron chi connectivity index (χ1n) is 39.1. The molecule has 3 N–H and O–H groups in total. The number of ether oxygens (including phenoxy) is 2. The van der Waals surface area contributed by atoms with E-state index in [9.17, 15) is 55.1 Å². The number of carbonyl (C=O) groups excluding carboxylic acids is 12. The summed E-state index contributed by atoms with van der Waals surface area (Å²) in [6, 6.07) is -11.1. The van der Waals surface area contributed by atoms with Crippen molar-refractivity contribution in [3.05, 3.63) is 12.2 Å². The minimum Gasteiger partial charge on any atom is -0.381 e. The summed E-state index contributed by atoms with van der Waals surface area (Å²) in [6.45, 7) is 14.4. The van der Waals surface area contributed by atoms with Gasteiger partial charge in [-0.15, -0.1) is 0 Å². The lowest BCUT2D eigenvalue weighted by Crippen LogP contribution is -2.71. The van der Waals surface area contributed by atoms with Crippen molar-refractivity contribution in [3.8, 4) is 0 Å². The van der Waals surface area contributed by atoms with E-state index >= 15 is 28.8 Å². The molecule has 26 nitrogen and oxygen atoms in total. The Morgan fingerprint density at radius 3 is 1.81 bits per heavy atom. The molecule has 12 amide bonds. The first-order valence-corrected chi connectivity index (χ1v) is 39.1. The van der Waals surface area contributed by atoms with Crippen molar-refractivity contribution < 1.29 is 93.4 Å². The Balaban J connectivity index is 1.50. The van der Waals surface area contributed by atoms with Crippen molar-refractivity contribution in [2.75, 3.05) is 96.3 Å². The van der Waals surface area contributed by atoms with E-state index in [1.54, 1.807) is 46.8 Å². The first kappa shape index (κ1) is 90.8. The van der Waals surface area contributed by atoms with Crippen LogP contribution in [0.5, 0.6) is 0 Å². The average molecular weight is 1560 g/mol. The summed E-state index contributed by atoms with van der Waals surface area (Å²) in [5.41, 5.74) is -2.30. The molecule has 6 aliphatic rings. The van der Waals surface area contributed by atoms with Gasteiger partial charge in [0, 0.05) is 89.6 Å². The maximum atomic E-state index is 15.8. The van der Waals surface area contributed by atoms with E-state index in [1.807, 2.05) is 27.7 Å². The van der Waals surface area contributed by atoms with Gasteiger partial charge in [-0.1, -0.05) is 86.8 Å². The molecule has 5 fully saturated rings. The fourth-order valence-corrected chi connectivity index (χ4v) is 17.6. The molecule has 3 saturated carbocycles. The molecule has 0 radical (unpaired) electrons. The van der Waals surface area contributed by atoms with E-state index in [-0.39, 0.29) is 116 Å². The minimum absolute atomic E-state index is 0.0311. The number of nitrogens with zero attached hydrogens (tertiary/aromatic N) is 9. The van der Waals surface area contributed by atoms with Gasteiger partial charge in [0.25, 0.3) is 0 Å². The van der Waals surface area contributed by atoms with Crippen LogP contribution in [0.4, 0.5) is 26.3 Å². The number of alkyl halides is 6. The second-order valence-electron chi connectivity index (χ2n) is 33.1. The van der Waals surface area contributed by atoms with Gasteiger partial charge in [-0.2, -0.15) is 26.3 Å². The van der Waals surface area contributed by atoms with Crippen LogP contribution in [0.3, 0.4) is 0 Å². The third kappa shape index (κ3) is 22.2. The molecule has 3 heterocycles. The van der Waals surface area contributed by atoms with Crippen molar-refractivity contribution in [1.82, 2.24) is 60.0 Å². The molecular weight excluding hydrogens is 1430 g/mol. The zero-order chi connectivity index (χ0) is 81.9. The van der Waals surface area contributed by atoms with Gasteiger partial charge in [-0.05, 0) is 132 Å². The molecule has 3 aliphatic heterocycles. The third-order valence-electron chi connectivity index (χ3n) is 24.1. The zero-order valence-corrected chi connectivity index (χ0v) is 67.4. The Kier molecular flexibility index (Phi) is 32.0. The molecule has 618 valence electrons. The number of amides is 12.